The lowest BCUT2D eigenvalue weighted by Crippen LogP contribution is -2.25. The van der Waals surface area contributed by atoms with Gasteiger partial charge in [0.05, 0.1) is 6.26 Å². The van der Waals surface area contributed by atoms with Crippen molar-refractivity contribution in [1.82, 2.24) is 5.32 Å². The Morgan fingerprint density at radius 1 is 1.08 bits per heavy atom. The Morgan fingerprint density at radius 3 is 2.38 bits per heavy atom. The summed E-state index contributed by atoms with van der Waals surface area (Å²) in [5, 5.41) is 2.87. The van der Waals surface area contributed by atoms with Crippen LogP contribution in [0.4, 0.5) is 5.69 Å². The fourth-order valence-corrected chi connectivity index (χ4v) is 3.16. The molecule has 0 saturated carbocycles. The largest absolute Gasteiger partial charge is 0.352 e. The quantitative estimate of drug-likeness (QED) is 0.694. The van der Waals surface area contributed by atoms with E-state index in [9.17, 15) is 13.2 Å². The second kappa shape index (κ2) is 8.85. The molecule has 0 heterocycles. The van der Waals surface area contributed by atoms with Crippen LogP contribution in [0.5, 0.6) is 0 Å². The number of hydrogen-bond donors (Lipinski definition) is 2. The highest BCUT2D eigenvalue weighted by molar-refractivity contribution is 7.92. The lowest BCUT2D eigenvalue weighted by molar-refractivity contribution is 0.0953. The van der Waals surface area contributed by atoms with Crippen molar-refractivity contribution in [1.29, 1.82) is 0 Å². The van der Waals surface area contributed by atoms with Crippen LogP contribution in [-0.4, -0.2) is 27.1 Å². The van der Waals surface area contributed by atoms with Gasteiger partial charge in [-0.05, 0) is 48.1 Å². The molecule has 0 aromatic heterocycles. The molecule has 2 rings (SSSR count). The molecular weight excluding hydrogens is 348 g/mol. The monoisotopic (exact) mass is 374 g/mol. The molecule has 26 heavy (non-hydrogen) atoms. The first-order valence-electron chi connectivity index (χ1n) is 8.69. The SMILES string of the molecule is CC(C)c1ccc(CCCNC(=O)c2cccc(NS(C)(=O)=O)c2)cc1. The molecule has 0 aliphatic carbocycles. The fourth-order valence-electron chi connectivity index (χ4n) is 2.60. The summed E-state index contributed by atoms with van der Waals surface area (Å²) in [5.74, 6) is 0.314. The summed E-state index contributed by atoms with van der Waals surface area (Å²) in [6, 6.07) is 15.0. The Morgan fingerprint density at radius 2 is 1.77 bits per heavy atom. The van der Waals surface area contributed by atoms with Crippen molar-refractivity contribution in [3.63, 3.8) is 0 Å². The highest BCUT2D eigenvalue weighted by Crippen LogP contribution is 2.15. The maximum atomic E-state index is 12.2. The molecule has 1 amide bonds. The first kappa shape index (κ1) is 20.0. The van der Waals surface area contributed by atoms with Crippen LogP contribution in [0.1, 0.15) is 47.7 Å². The highest BCUT2D eigenvalue weighted by Gasteiger charge is 2.08. The van der Waals surface area contributed by atoms with Crippen LogP contribution in [0.25, 0.3) is 0 Å². The molecule has 5 nitrogen and oxygen atoms in total. The topological polar surface area (TPSA) is 75.3 Å². The number of anilines is 1. The van der Waals surface area contributed by atoms with Crippen molar-refractivity contribution < 1.29 is 13.2 Å². The summed E-state index contributed by atoms with van der Waals surface area (Å²) in [7, 11) is -3.36. The van der Waals surface area contributed by atoms with E-state index in [1.54, 1.807) is 18.2 Å². The van der Waals surface area contributed by atoms with E-state index in [0.29, 0.717) is 23.7 Å². The molecule has 0 bridgehead atoms. The summed E-state index contributed by atoms with van der Waals surface area (Å²) in [4.78, 5) is 12.2. The van der Waals surface area contributed by atoms with Crippen LogP contribution >= 0.6 is 0 Å². The maximum absolute atomic E-state index is 12.2. The summed E-state index contributed by atoms with van der Waals surface area (Å²) in [5.41, 5.74) is 3.39. The maximum Gasteiger partial charge on any atom is 0.251 e. The number of amides is 1. The third kappa shape index (κ3) is 6.52. The third-order valence-corrected chi connectivity index (χ3v) is 4.61. The predicted octanol–water partition coefficient (Wildman–Crippen LogP) is 3.54. The van der Waals surface area contributed by atoms with Crippen LogP contribution in [-0.2, 0) is 16.4 Å². The van der Waals surface area contributed by atoms with Crippen molar-refractivity contribution in [2.75, 3.05) is 17.5 Å². The van der Waals surface area contributed by atoms with E-state index in [1.165, 1.54) is 17.2 Å². The number of sulfonamides is 1. The van der Waals surface area contributed by atoms with Gasteiger partial charge in [0.2, 0.25) is 10.0 Å². The first-order valence-corrected chi connectivity index (χ1v) is 10.6. The van der Waals surface area contributed by atoms with Gasteiger partial charge in [-0.15, -0.1) is 0 Å². The van der Waals surface area contributed by atoms with Crippen LogP contribution < -0.4 is 10.0 Å². The van der Waals surface area contributed by atoms with Gasteiger partial charge in [-0.2, -0.15) is 0 Å². The van der Waals surface area contributed by atoms with Gasteiger partial charge in [0.1, 0.15) is 0 Å². The minimum atomic E-state index is -3.36. The molecule has 0 unspecified atom stereocenters. The molecule has 2 N–H and O–H groups in total. The Labute approximate surface area is 155 Å². The highest BCUT2D eigenvalue weighted by atomic mass is 32.2. The molecule has 2 aromatic carbocycles. The smallest absolute Gasteiger partial charge is 0.251 e. The molecular formula is C20H26N2O3S. The van der Waals surface area contributed by atoms with Crippen molar-refractivity contribution in [3.05, 3.63) is 65.2 Å². The second-order valence-corrected chi connectivity index (χ2v) is 8.46. The molecule has 0 fully saturated rings. The standard InChI is InChI=1S/C20H26N2O3S/c1-15(2)17-11-9-16(10-12-17)6-5-13-21-20(23)18-7-4-8-19(14-18)22-26(3,24)25/h4,7-12,14-15,22H,5-6,13H2,1-3H3,(H,21,23). The minimum absolute atomic E-state index is 0.211. The van der Waals surface area contributed by atoms with Gasteiger partial charge >= 0.3 is 0 Å². The Balaban J connectivity index is 1.82. The normalized spacial score (nSPS) is 11.4. The van der Waals surface area contributed by atoms with Crippen LogP contribution in [0, 0.1) is 0 Å². The lowest BCUT2D eigenvalue weighted by atomic mass is 10.0. The number of rotatable bonds is 8. The van der Waals surface area contributed by atoms with Crippen LogP contribution in [0.15, 0.2) is 48.5 Å². The van der Waals surface area contributed by atoms with Crippen molar-refractivity contribution in [2.24, 2.45) is 0 Å². The van der Waals surface area contributed by atoms with E-state index in [-0.39, 0.29) is 5.91 Å². The van der Waals surface area contributed by atoms with Gasteiger partial charge < -0.3 is 5.32 Å². The summed E-state index contributed by atoms with van der Waals surface area (Å²) in [6.07, 6.45) is 2.82. The number of hydrogen-bond acceptors (Lipinski definition) is 3. The second-order valence-electron chi connectivity index (χ2n) is 6.71. The molecule has 2 aromatic rings. The van der Waals surface area contributed by atoms with Gasteiger partial charge in [0, 0.05) is 17.8 Å². The first-order chi connectivity index (χ1) is 12.2. The Kier molecular flexibility index (Phi) is 6.80. The van der Waals surface area contributed by atoms with Gasteiger partial charge in [0.15, 0.2) is 0 Å². The van der Waals surface area contributed by atoms with E-state index in [4.69, 9.17) is 0 Å². The molecule has 140 valence electrons. The molecule has 0 aliphatic heterocycles. The lowest BCUT2D eigenvalue weighted by Gasteiger charge is -2.09. The zero-order valence-corrected chi connectivity index (χ0v) is 16.3. The minimum Gasteiger partial charge on any atom is -0.352 e. The average molecular weight is 375 g/mol. The number of carbonyl (C=O) groups is 1. The molecule has 0 atom stereocenters. The van der Waals surface area contributed by atoms with Crippen molar-refractivity contribution in [2.45, 2.75) is 32.6 Å². The number of nitrogens with one attached hydrogen (secondary N) is 2. The molecule has 0 radical (unpaired) electrons. The van der Waals surface area contributed by atoms with E-state index < -0.39 is 10.0 Å². The van der Waals surface area contributed by atoms with Crippen molar-refractivity contribution in [3.8, 4) is 0 Å². The fraction of sp³-hybridized carbons (Fsp3) is 0.350. The summed E-state index contributed by atoms with van der Waals surface area (Å²) < 4.78 is 24.9. The van der Waals surface area contributed by atoms with Crippen LogP contribution in [0.2, 0.25) is 0 Å². The Bertz CT molecular complexity index is 844. The van der Waals surface area contributed by atoms with Crippen LogP contribution in [0.3, 0.4) is 0 Å². The molecule has 0 aliphatic rings. The van der Waals surface area contributed by atoms with Crippen molar-refractivity contribution >= 4 is 21.6 Å². The number of benzene rings is 2. The van der Waals surface area contributed by atoms with E-state index >= 15 is 0 Å². The summed E-state index contributed by atoms with van der Waals surface area (Å²) in [6.45, 7) is 4.91. The Hall–Kier alpha value is -2.34. The third-order valence-electron chi connectivity index (χ3n) is 4.00. The van der Waals surface area contributed by atoms with E-state index in [0.717, 1.165) is 19.1 Å². The zero-order valence-electron chi connectivity index (χ0n) is 15.5. The van der Waals surface area contributed by atoms with Gasteiger partial charge in [-0.3, -0.25) is 9.52 Å². The molecule has 6 heteroatoms. The van der Waals surface area contributed by atoms with Gasteiger partial charge in [-0.1, -0.05) is 44.2 Å². The zero-order chi connectivity index (χ0) is 19.2. The number of carbonyl (C=O) groups excluding carboxylic acids is 1. The van der Waals surface area contributed by atoms with Gasteiger partial charge in [0.25, 0.3) is 5.91 Å². The average Bonchev–Trinajstić information content (AvgIpc) is 2.57. The number of aryl methyl sites for hydroxylation is 1. The van der Waals surface area contributed by atoms with E-state index in [1.807, 2.05) is 0 Å². The van der Waals surface area contributed by atoms with Gasteiger partial charge in [-0.25, -0.2) is 8.42 Å². The predicted molar refractivity (Wildman–Crippen MR) is 106 cm³/mol. The van der Waals surface area contributed by atoms with E-state index in [2.05, 4.69) is 48.2 Å². The molecule has 0 saturated heterocycles. The summed E-state index contributed by atoms with van der Waals surface area (Å²) >= 11 is 0. The molecule has 0 spiro atoms.